The van der Waals surface area contributed by atoms with Crippen molar-refractivity contribution in [1.29, 1.82) is 0 Å². The third-order valence-corrected chi connectivity index (χ3v) is 3.76. The second-order valence-electron chi connectivity index (χ2n) is 5.78. The average Bonchev–Trinajstić information content (AvgIpc) is 2.92. The standard InChI is InChI=1S/C15H25N3O3/c1-12-9-17(5-6-18(12)10-13(2)19)11-15(20)16-8-14-4-3-7-21-14/h3-4,7,12-13,19H,5-6,8-11H2,1-2H3,(H,16,20)/t12-,13-/m0/s1. The van der Waals surface area contributed by atoms with Crippen LogP contribution in [0.15, 0.2) is 22.8 Å². The van der Waals surface area contributed by atoms with Crippen LogP contribution < -0.4 is 5.32 Å². The molecule has 0 aliphatic carbocycles. The van der Waals surface area contributed by atoms with Crippen molar-refractivity contribution in [3.05, 3.63) is 24.2 Å². The van der Waals surface area contributed by atoms with Gasteiger partial charge in [-0.1, -0.05) is 0 Å². The van der Waals surface area contributed by atoms with E-state index in [4.69, 9.17) is 4.42 Å². The third kappa shape index (κ3) is 5.15. The Balaban J connectivity index is 1.70. The van der Waals surface area contributed by atoms with Crippen LogP contribution in [0.3, 0.4) is 0 Å². The van der Waals surface area contributed by atoms with Crippen molar-refractivity contribution in [3.63, 3.8) is 0 Å². The molecule has 1 aromatic rings. The van der Waals surface area contributed by atoms with Crippen molar-refractivity contribution in [2.24, 2.45) is 0 Å². The Kier molecular flexibility index (Phi) is 5.78. The number of carbonyl (C=O) groups excluding carboxylic acids is 1. The molecule has 1 saturated heterocycles. The summed E-state index contributed by atoms with van der Waals surface area (Å²) in [4.78, 5) is 16.3. The van der Waals surface area contributed by atoms with Gasteiger partial charge in [0.05, 0.1) is 25.5 Å². The van der Waals surface area contributed by atoms with Crippen molar-refractivity contribution >= 4 is 5.91 Å². The van der Waals surface area contributed by atoms with Gasteiger partial charge < -0.3 is 14.8 Å². The fourth-order valence-electron chi connectivity index (χ4n) is 2.68. The number of rotatable bonds is 6. The molecular formula is C15H25N3O3. The average molecular weight is 295 g/mol. The molecule has 21 heavy (non-hydrogen) atoms. The maximum Gasteiger partial charge on any atom is 0.234 e. The lowest BCUT2D eigenvalue weighted by Crippen LogP contribution is -2.55. The Hall–Kier alpha value is -1.37. The fourth-order valence-corrected chi connectivity index (χ4v) is 2.68. The molecule has 1 aliphatic heterocycles. The summed E-state index contributed by atoms with van der Waals surface area (Å²) < 4.78 is 5.18. The largest absolute Gasteiger partial charge is 0.467 e. The highest BCUT2D eigenvalue weighted by molar-refractivity contribution is 5.77. The van der Waals surface area contributed by atoms with Crippen molar-refractivity contribution in [2.45, 2.75) is 32.5 Å². The number of carbonyl (C=O) groups is 1. The SMILES string of the molecule is C[C@H](O)CN1CCN(CC(=O)NCc2ccco2)C[C@@H]1C. The predicted molar refractivity (Wildman–Crippen MR) is 79.7 cm³/mol. The monoisotopic (exact) mass is 295 g/mol. The first-order valence-electron chi connectivity index (χ1n) is 7.48. The molecule has 6 heteroatoms. The van der Waals surface area contributed by atoms with Gasteiger partial charge in [0, 0.05) is 32.2 Å². The van der Waals surface area contributed by atoms with Crippen LogP contribution in [0.25, 0.3) is 0 Å². The van der Waals surface area contributed by atoms with Gasteiger partial charge in [-0.05, 0) is 26.0 Å². The quantitative estimate of drug-likeness (QED) is 0.789. The van der Waals surface area contributed by atoms with Crippen LogP contribution in [-0.2, 0) is 11.3 Å². The molecule has 1 aliphatic rings. The Morgan fingerprint density at radius 2 is 2.38 bits per heavy atom. The molecule has 0 unspecified atom stereocenters. The maximum atomic E-state index is 11.9. The molecule has 1 amide bonds. The van der Waals surface area contributed by atoms with Gasteiger partial charge in [-0.15, -0.1) is 0 Å². The van der Waals surface area contributed by atoms with E-state index in [2.05, 4.69) is 22.0 Å². The lowest BCUT2D eigenvalue weighted by atomic mass is 10.1. The molecule has 2 atom stereocenters. The summed E-state index contributed by atoms with van der Waals surface area (Å²) in [6.45, 7) is 8.07. The van der Waals surface area contributed by atoms with Gasteiger partial charge in [0.15, 0.2) is 0 Å². The zero-order valence-corrected chi connectivity index (χ0v) is 12.8. The molecule has 2 heterocycles. The summed E-state index contributed by atoms with van der Waals surface area (Å²) in [7, 11) is 0. The number of nitrogens with one attached hydrogen (secondary N) is 1. The second kappa shape index (κ2) is 7.59. The Morgan fingerprint density at radius 1 is 1.57 bits per heavy atom. The highest BCUT2D eigenvalue weighted by Gasteiger charge is 2.25. The van der Waals surface area contributed by atoms with E-state index in [9.17, 15) is 9.90 Å². The molecule has 0 saturated carbocycles. The van der Waals surface area contributed by atoms with E-state index in [-0.39, 0.29) is 12.0 Å². The number of amides is 1. The molecule has 1 aromatic heterocycles. The minimum Gasteiger partial charge on any atom is -0.467 e. The zero-order valence-electron chi connectivity index (χ0n) is 12.8. The first-order chi connectivity index (χ1) is 10.0. The third-order valence-electron chi connectivity index (χ3n) is 3.76. The van der Waals surface area contributed by atoms with E-state index < -0.39 is 0 Å². The van der Waals surface area contributed by atoms with Crippen LogP contribution in [0.5, 0.6) is 0 Å². The highest BCUT2D eigenvalue weighted by atomic mass is 16.3. The molecule has 0 radical (unpaired) electrons. The van der Waals surface area contributed by atoms with Gasteiger partial charge in [0.25, 0.3) is 0 Å². The molecule has 118 valence electrons. The number of nitrogens with zero attached hydrogens (tertiary/aromatic N) is 2. The Labute approximate surface area is 125 Å². The summed E-state index contributed by atoms with van der Waals surface area (Å²) in [5.74, 6) is 0.779. The number of aliphatic hydroxyl groups excluding tert-OH is 1. The first-order valence-corrected chi connectivity index (χ1v) is 7.48. The van der Waals surface area contributed by atoms with Crippen molar-refractivity contribution in [2.75, 3.05) is 32.7 Å². The van der Waals surface area contributed by atoms with Crippen LogP contribution in [0.1, 0.15) is 19.6 Å². The number of furan rings is 1. The lowest BCUT2D eigenvalue weighted by Gasteiger charge is -2.40. The van der Waals surface area contributed by atoms with Crippen LogP contribution in [-0.4, -0.2) is 65.7 Å². The number of hydrogen-bond acceptors (Lipinski definition) is 5. The highest BCUT2D eigenvalue weighted by Crippen LogP contribution is 2.09. The summed E-state index contributed by atoms with van der Waals surface area (Å²) in [6, 6.07) is 4.01. The van der Waals surface area contributed by atoms with E-state index >= 15 is 0 Å². The van der Waals surface area contributed by atoms with Gasteiger partial charge in [-0.3, -0.25) is 14.6 Å². The maximum absolute atomic E-state index is 11.9. The first kappa shape index (κ1) is 16.0. The van der Waals surface area contributed by atoms with E-state index in [1.165, 1.54) is 0 Å². The van der Waals surface area contributed by atoms with Gasteiger partial charge in [0.2, 0.25) is 5.91 Å². The topological polar surface area (TPSA) is 69.0 Å². The minimum atomic E-state index is -0.310. The molecule has 0 aromatic carbocycles. The zero-order chi connectivity index (χ0) is 15.2. The second-order valence-corrected chi connectivity index (χ2v) is 5.78. The molecular weight excluding hydrogens is 270 g/mol. The predicted octanol–water partition coefficient (Wildman–Crippen LogP) is 0.283. The summed E-state index contributed by atoms with van der Waals surface area (Å²) >= 11 is 0. The molecule has 0 bridgehead atoms. The van der Waals surface area contributed by atoms with E-state index in [0.29, 0.717) is 25.7 Å². The normalized spacial score (nSPS) is 22.1. The van der Waals surface area contributed by atoms with Crippen LogP contribution in [0.2, 0.25) is 0 Å². The molecule has 0 spiro atoms. The van der Waals surface area contributed by atoms with Crippen LogP contribution in [0, 0.1) is 0 Å². The summed E-state index contributed by atoms with van der Waals surface area (Å²) in [5, 5.41) is 12.3. The van der Waals surface area contributed by atoms with Gasteiger partial charge >= 0.3 is 0 Å². The van der Waals surface area contributed by atoms with Gasteiger partial charge in [-0.2, -0.15) is 0 Å². The van der Waals surface area contributed by atoms with Crippen LogP contribution in [0.4, 0.5) is 0 Å². The van der Waals surface area contributed by atoms with E-state index in [1.807, 2.05) is 12.1 Å². The number of aliphatic hydroxyl groups is 1. The molecule has 1 fully saturated rings. The summed E-state index contributed by atoms with van der Waals surface area (Å²) in [6.07, 6.45) is 1.29. The Bertz CT molecular complexity index is 433. The summed E-state index contributed by atoms with van der Waals surface area (Å²) in [5.41, 5.74) is 0. The minimum absolute atomic E-state index is 0.0163. The fraction of sp³-hybridized carbons (Fsp3) is 0.667. The number of β-amino-alcohol motifs (C(OH)–C–C–N with tert-alkyl or cyclic N) is 1. The lowest BCUT2D eigenvalue weighted by molar-refractivity contribution is -0.123. The van der Waals surface area contributed by atoms with Crippen molar-refractivity contribution in [1.82, 2.24) is 15.1 Å². The van der Waals surface area contributed by atoms with Gasteiger partial charge in [-0.25, -0.2) is 0 Å². The Morgan fingerprint density at radius 3 is 3.00 bits per heavy atom. The van der Waals surface area contributed by atoms with E-state index in [1.54, 1.807) is 13.2 Å². The number of piperazine rings is 1. The van der Waals surface area contributed by atoms with Crippen LogP contribution >= 0.6 is 0 Å². The molecule has 2 N–H and O–H groups in total. The van der Waals surface area contributed by atoms with Crippen molar-refractivity contribution in [3.8, 4) is 0 Å². The molecule has 6 nitrogen and oxygen atoms in total. The van der Waals surface area contributed by atoms with E-state index in [0.717, 1.165) is 25.4 Å². The number of hydrogen-bond donors (Lipinski definition) is 2. The smallest absolute Gasteiger partial charge is 0.234 e. The van der Waals surface area contributed by atoms with Gasteiger partial charge in [0.1, 0.15) is 5.76 Å². The van der Waals surface area contributed by atoms with Crippen molar-refractivity contribution < 1.29 is 14.3 Å². The molecule has 2 rings (SSSR count).